The summed E-state index contributed by atoms with van der Waals surface area (Å²) in [6.45, 7) is 2.86. The molecule has 0 aromatic heterocycles. The van der Waals surface area contributed by atoms with E-state index in [2.05, 4.69) is 42.6 Å². The highest BCUT2D eigenvalue weighted by Crippen LogP contribution is 2.24. The molecule has 0 amide bonds. The molecule has 0 saturated carbocycles. The first kappa shape index (κ1) is 12.8. The molecule has 1 atom stereocenters. The van der Waals surface area contributed by atoms with Crippen LogP contribution in [0.25, 0.3) is 0 Å². The van der Waals surface area contributed by atoms with Gasteiger partial charge in [-0.15, -0.1) is 0 Å². The molecule has 0 aliphatic heterocycles. The third-order valence-electron chi connectivity index (χ3n) is 3.09. The van der Waals surface area contributed by atoms with E-state index < -0.39 is 0 Å². The van der Waals surface area contributed by atoms with Crippen molar-refractivity contribution < 1.29 is 5.11 Å². The molecule has 0 spiro atoms. The third kappa shape index (κ3) is 2.97. The van der Waals surface area contributed by atoms with E-state index in [1.54, 1.807) is 0 Å². The van der Waals surface area contributed by atoms with E-state index in [-0.39, 0.29) is 12.6 Å². The Balaban J connectivity index is 2.34. The Hall–Kier alpha value is -1.64. The zero-order valence-corrected chi connectivity index (χ0v) is 10.6. The number of hydrogen-bond acceptors (Lipinski definition) is 2. The van der Waals surface area contributed by atoms with Crippen LogP contribution in [-0.4, -0.2) is 18.3 Å². The number of nitrogens with one attached hydrogen (secondary N) is 1. The van der Waals surface area contributed by atoms with Gasteiger partial charge in [-0.1, -0.05) is 54.6 Å². The van der Waals surface area contributed by atoms with Gasteiger partial charge in [-0.3, -0.25) is 0 Å². The lowest BCUT2D eigenvalue weighted by atomic mass is 9.95. The number of aliphatic hydroxyl groups excluding tert-OH is 1. The number of aliphatic hydroxyl groups is 1. The van der Waals surface area contributed by atoms with Crippen LogP contribution in [0.4, 0.5) is 0 Å². The number of benzene rings is 2. The third-order valence-corrected chi connectivity index (χ3v) is 3.09. The van der Waals surface area contributed by atoms with Crippen molar-refractivity contribution in [2.45, 2.75) is 13.0 Å². The molecule has 0 heterocycles. The van der Waals surface area contributed by atoms with E-state index in [4.69, 9.17) is 5.11 Å². The summed E-state index contributed by atoms with van der Waals surface area (Å²) in [7, 11) is 0. The molecule has 0 radical (unpaired) electrons. The van der Waals surface area contributed by atoms with Gasteiger partial charge in [0.15, 0.2) is 0 Å². The van der Waals surface area contributed by atoms with Crippen molar-refractivity contribution in [2.24, 2.45) is 0 Å². The standard InChI is InChI=1S/C16H19NO/c1-13-7-5-6-10-15(13)16(17-11-12-18)14-8-3-2-4-9-14/h2-10,16-18H,11-12H2,1H3. The van der Waals surface area contributed by atoms with Crippen molar-refractivity contribution in [2.75, 3.05) is 13.2 Å². The maximum absolute atomic E-state index is 9.02. The van der Waals surface area contributed by atoms with Crippen LogP contribution in [0.1, 0.15) is 22.7 Å². The number of hydrogen-bond donors (Lipinski definition) is 2. The lowest BCUT2D eigenvalue weighted by molar-refractivity contribution is 0.288. The molecule has 2 aromatic carbocycles. The fraction of sp³-hybridized carbons (Fsp3) is 0.250. The normalized spacial score (nSPS) is 12.3. The van der Waals surface area contributed by atoms with Gasteiger partial charge < -0.3 is 10.4 Å². The molecule has 94 valence electrons. The van der Waals surface area contributed by atoms with Crippen LogP contribution in [0.5, 0.6) is 0 Å². The Labute approximate surface area is 108 Å². The smallest absolute Gasteiger partial charge is 0.0580 e. The molecular weight excluding hydrogens is 222 g/mol. The second-order valence-corrected chi connectivity index (χ2v) is 4.38. The summed E-state index contributed by atoms with van der Waals surface area (Å²) in [5.74, 6) is 0. The van der Waals surface area contributed by atoms with Crippen LogP contribution >= 0.6 is 0 Å². The Bertz CT molecular complexity index is 481. The van der Waals surface area contributed by atoms with Gasteiger partial charge in [0.1, 0.15) is 0 Å². The molecule has 2 nitrogen and oxygen atoms in total. The summed E-state index contributed by atoms with van der Waals surface area (Å²) in [4.78, 5) is 0. The molecular formula is C16H19NO. The predicted octanol–water partition coefficient (Wildman–Crippen LogP) is 2.67. The van der Waals surface area contributed by atoms with Crippen molar-refractivity contribution in [3.8, 4) is 0 Å². The van der Waals surface area contributed by atoms with Crippen LogP contribution in [-0.2, 0) is 0 Å². The fourth-order valence-electron chi connectivity index (χ4n) is 2.17. The van der Waals surface area contributed by atoms with Gasteiger partial charge in [-0.2, -0.15) is 0 Å². The Kier molecular flexibility index (Phi) is 4.51. The highest BCUT2D eigenvalue weighted by Gasteiger charge is 2.14. The summed E-state index contributed by atoms with van der Waals surface area (Å²) < 4.78 is 0. The molecule has 0 saturated heterocycles. The average Bonchev–Trinajstić information content (AvgIpc) is 2.42. The van der Waals surface area contributed by atoms with Gasteiger partial charge >= 0.3 is 0 Å². The van der Waals surface area contributed by atoms with E-state index in [0.29, 0.717) is 6.54 Å². The Morgan fingerprint density at radius 2 is 1.67 bits per heavy atom. The Morgan fingerprint density at radius 1 is 1.00 bits per heavy atom. The summed E-state index contributed by atoms with van der Waals surface area (Å²) in [6, 6.07) is 18.8. The molecule has 18 heavy (non-hydrogen) atoms. The number of aryl methyl sites for hydroxylation is 1. The maximum atomic E-state index is 9.02. The minimum atomic E-state index is 0.138. The molecule has 0 fully saturated rings. The van der Waals surface area contributed by atoms with E-state index in [1.807, 2.05) is 24.3 Å². The van der Waals surface area contributed by atoms with Crippen molar-refractivity contribution in [3.63, 3.8) is 0 Å². The Morgan fingerprint density at radius 3 is 2.33 bits per heavy atom. The lowest BCUT2D eigenvalue weighted by Crippen LogP contribution is -2.26. The maximum Gasteiger partial charge on any atom is 0.0580 e. The first-order valence-electron chi connectivity index (χ1n) is 6.27. The van der Waals surface area contributed by atoms with Crippen LogP contribution in [0.2, 0.25) is 0 Å². The molecule has 2 rings (SSSR count). The van der Waals surface area contributed by atoms with E-state index in [0.717, 1.165) is 0 Å². The zero-order valence-electron chi connectivity index (χ0n) is 10.6. The van der Waals surface area contributed by atoms with Crippen LogP contribution in [0.15, 0.2) is 54.6 Å². The van der Waals surface area contributed by atoms with Gasteiger partial charge in [0.25, 0.3) is 0 Å². The largest absolute Gasteiger partial charge is 0.395 e. The average molecular weight is 241 g/mol. The summed E-state index contributed by atoms with van der Waals surface area (Å²) in [5.41, 5.74) is 3.74. The molecule has 0 aliphatic rings. The number of rotatable bonds is 5. The molecule has 2 heteroatoms. The zero-order chi connectivity index (χ0) is 12.8. The first-order chi connectivity index (χ1) is 8.83. The van der Waals surface area contributed by atoms with Crippen LogP contribution < -0.4 is 5.32 Å². The van der Waals surface area contributed by atoms with Crippen molar-refractivity contribution >= 4 is 0 Å². The summed E-state index contributed by atoms with van der Waals surface area (Å²) in [6.07, 6.45) is 0. The first-order valence-corrected chi connectivity index (χ1v) is 6.27. The van der Waals surface area contributed by atoms with Crippen LogP contribution in [0.3, 0.4) is 0 Å². The topological polar surface area (TPSA) is 32.3 Å². The molecule has 2 aromatic rings. The minimum Gasteiger partial charge on any atom is -0.395 e. The van der Waals surface area contributed by atoms with Gasteiger partial charge in [-0.05, 0) is 23.6 Å². The molecule has 0 bridgehead atoms. The summed E-state index contributed by atoms with van der Waals surface area (Å²) >= 11 is 0. The van der Waals surface area contributed by atoms with Crippen molar-refractivity contribution in [3.05, 3.63) is 71.3 Å². The fourth-order valence-corrected chi connectivity index (χ4v) is 2.17. The SMILES string of the molecule is Cc1ccccc1C(NCCO)c1ccccc1. The van der Waals surface area contributed by atoms with Gasteiger partial charge in [0.05, 0.1) is 12.6 Å². The minimum absolute atomic E-state index is 0.138. The van der Waals surface area contributed by atoms with Crippen molar-refractivity contribution in [1.29, 1.82) is 0 Å². The summed E-state index contributed by atoms with van der Waals surface area (Å²) in [5, 5.41) is 12.4. The van der Waals surface area contributed by atoms with E-state index in [1.165, 1.54) is 16.7 Å². The highest BCUT2D eigenvalue weighted by molar-refractivity contribution is 5.36. The van der Waals surface area contributed by atoms with E-state index in [9.17, 15) is 0 Å². The van der Waals surface area contributed by atoms with Gasteiger partial charge in [0.2, 0.25) is 0 Å². The molecule has 0 aliphatic carbocycles. The van der Waals surface area contributed by atoms with Gasteiger partial charge in [-0.25, -0.2) is 0 Å². The second-order valence-electron chi connectivity index (χ2n) is 4.38. The van der Waals surface area contributed by atoms with Crippen molar-refractivity contribution in [1.82, 2.24) is 5.32 Å². The van der Waals surface area contributed by atoms with Gasteiger partial charge in [0, 0.05) is 6.54 Å². The van der Waals surface area contributed by atoms with E-state index >= 15 is 0 Å². The molecule has 2 N–H and O–H groups in total. The lowest BCUT2D eigenvalue weighted by Gasteiger charge is -2.21. The van der Waals surface area contributed by atoms with Crippen LogP contribution in [0, 0.1) is 6.92 Å². The predicted molar refractivity (Wildman–Crippen MR) is 74.6 cm³/mol. The second kappa shape index (κ2) is 6.34. The highest BCUT2D eigenvalue weighted by atomic mass is 16.3. The quantitative estimate of drug-likeness (QED) is 0.843. The monoisotopic (exact) mass is 241 g/mol. The molecule has 1 unspecified atom stereocenters.